The van der Waals surface area contributed by atoms with Crippen LogP contribution >= 0.6 is 0 Å². The number of aliphatic hydroxyl groups excluding tert-OH is 1. The monoisotopic (exact) mass is 437 g/mol. The molecule has 0 spiro atoms. The summed E-state index contributed by atoms with van der Waals surface area (Å²) < 4.78 is 5.78. The van der Waals surface area contributed by atoms with Gasteiger partial charge in [0.1, 0.15) is 5.58 Å². The Morgan fingerprint density at radius 3 is 2.33 bits per heavy atom. The zero-order chi connectivity index (χ0) is 22.9. The van der Waals surface area contributed by atoms with E-state index in [1.165, 1.54) is 0 Å². The molecule has 1 atom stereocenters. The van der Waals surface area contributed by atoms with E-state index in [0.29, 0.717) is 5.58 Å². The van der Waals surface area contributed by atoms with Crippen LogP contribution in [0, 0.1) is 0 Å². The number of Topliss-reactive ketones (excluding diaryl/α,β-unsaturated/α-hetero) is 1. The highest BCUT2D eigenvalue weighted by Gasteiger charge is 2.44. The SMILES string of the molecule is CCc1ccc(C2C(C(=O)c3cc4ccccc4o3)=C(O)C(=O)N2Cc2ccccc2)cc1. The van der Waals surface area contributed by atoms with Crippen LogP contribution in [0.3, 0.4) is 0 Å². The summed E-state index contributed by atoms with van der Waals surface area (Å²) in [5, 5.41) is 11.7. The zero-order valence-corrected chi connectivity index (χ0v) is 18.2. The van der Waals surface area contributed by atoms with E-state index >= 15 is 0 Å². The highest BCUT2D eigenvalue weighted by molar-refractivity contribution is 6.16. The summed E-state index contributed by atoms with van der Waals surface area (Å²) in [7, 11) is 0. The molecule has 5 rings (SSSR count). The van der Waals surface area contributed by atoms with Crippen molar-refractivity contribution in [3.05, 3.63) is 119 Å². The number of furan rings is 1. The van der Waals surface area contributed by atoms with Gasteiger partial charge in [-0.2, -0.15) is 0 Å². The van der Waals surface area contributed by atoms with Crippen molar-refractivity contribution in [1.29, 1.82) is 0 Å². The number of hydrogen-bond donors (Lipinski definition) is 1. The van der Waals surface area contributed by atoms with Gasteiger partial charge in [-0.05, 0) is 35.2 Å². The zero-order valence-electron chi connectivity index (χ0n) is 18.2. The van der Waals surface area contributed by atoms with Crippen LogP contribution < -0.4 is 0 Å². The molecule has 1 aliphatic heterocycles. The van der Waals surface area contributed by atoms with Crippen molar-refractivity contribution in [2.75, 3.05) is 0 Å². The van der Waals surface area contributed by atoms with Crippen molar-refractivity contribution in [1.82, 2.24) is 4.90 Å². The minimum atomic E-state index is -0.718. The van der Waals surface area contributed by atoms with Gasteiger partial charge in [0.15, 0.2) is 11.5 Å². The Labute approximate surface area is 191 Å². The molecule has 1 amide bonds. The fraction of sp³-hybridized carbons (Fsp3) is 0.143. The Kier molecular flexibility index (Phi) is 5.31. The maximum Gasteiger partial charge on any atom is 0.290 e. The van der Waals surface area contributed by atoms with Gasteiger partial charge in [0.25, 0.3) is 5.91 Å². The van der Waals surface area contributed by atoms with Crippen LogP contribution in [-0.2, 0) is 17.8 Å². The van der Waals surface area contributed by atoms with Gasteiger partial charge in [-0.15, -0.1) is 0 Å². The number of carbonyl (C=O) groups is 2. The van der Waals surface area contributed by atoms with E-state index in [1.54, 1.807) is 17.0 Å². The van der Waals surface area contributed by atoms with Crippen molar-refractivity contribution in [2.45, 2.75) is 25.9 Å². The van der Waals surface area contributed by atoms with E-state index in [9.17, 15) is 14.7 Å². The highest BCUT2D eigenvalue weighted by Crippen LogP contribution is 2.40. The summed E-state index contributed by atoms with van der Waals surface area (Å²) >= 11 is 0. The second kappa shape index (κ2) is 8.43. The number of amides is 1. The van der Waals surface area contributed by atoms with Crippen LogP contribution in [0.25, 0.3) is 11.0 Å². The van der Waals surface area contributed by atoms with Crippen LogP contribution in [0.5, 0.6) is 0 Å². The summed E-state index contributed by atoms with van der Waals surface area (Å²) in [5.74, 6) is -1.48. The predicted octanol–water partition coefficient (Wildman–Crippen LogP) is 5.77. The van der Waals surface area contributed by atoms with Crippen LogP contribution in [0.2, 0.25) is 0 Å². The summed E-state index contributed by atoms with van der Waals surface area (Å²) in [6.07, 6.45) is 0.878. The van der Waals surface area contributed by atoms with Crippen molar-refractivity contribution < 1.29 is 19.1 Å². The summed E-state index contributed by atoms with van der Waals surface area (Å²) in [4.78, 5) is 28.3. The highest BCUT2D eigenvalue weighted by atomic mass is 16.3. The second-order valence-electron chi connectivity index (χ2n) is 8.16. The molecule has 1 unspecified atom stereocenters. The van der Waals surface area contributed by atoms with E-state index in [0.717, 1.165) is 28.5 Å². The first-order valence-electron chi connectivity index (χ1n) is 11.0. The number of ketones is 1. The summed E-state index contributed by atoms with van der Waals surface area (Å²) in [6.45, 7) is 2.33. The Morgan fingerprint density at radius 2 is 1.64 bits per heavy atom. The third kappa shape index (κ3) is 3.72. The molecule has 5 nitrogen and oxygen atoms in total. The Balaban J connectivity index is 1.59. The Hall–Kier alpha value is -4.12. The molecule has 164 valence electrons. The van der Waals surface area contributed by atoms with Gasteiger partial charge < -0.3 is 14.4 Å². The number of benzene rings is 3. The van der Waals surface area contributed by atoms with Crippen molar-refractivity contribution in [2.24, 2.45) is 0 Å². The lowest BCUT2D eigenvalue weighted by Gasteiger charge is -2.27. The first-order chi connectivity index (χ1) is 16.1. The maximum absolute atomic E-state index is 13.6. The van der Waals surface area contributed by atoms with Gasteiger partial charge in [0, 0.05) is 11.9 Å². The minimum Gasteiger partial charge on any atom is -0.503 e. The van der Waals surface area contributed by atoms with Gasteiger partial charge in [-0.25, -0.2) is 0 Å². The van der Waals surface area contributed by atoms with E-state index in [4.69, 9.17) is 4.42 Å². The van der Waals surface area contributed by atoms with Crippen molar-refractivity contribution in [3.63, 3.8) is 0 Å². The molecule has 0 saturated carbocycles. The molecule has 0 radical (unpaired) electrons. The molecule has 1 aromatic heterocycles. The third-order valence-corrected chi connectivity index (χ3v) is 6.10. The standard InChI is InChI=1S/C28H23NO4/c1-2-18-12-14-20(15-13-18)25-24(26(30)23-16-21-10-6-7-11-22(21)33-23)27(31)28(32)29(25)17-19-8-4-3-5-9-19/h3-16,25,31H,2,17H2,1H3. The summed E-state index contributed by atoms with van der Waals surface area (Å²) in [5.41, 5.74) is 3.44. The van der Waals surface area contributed by atoms with Crippen LogP contribution in [0.15, 0.2) is 101 Å². The first kappa shape index (κ1) is 20.8. The molecule has 33 heavy (non-hydrogen) atoms. The van der Waals surface area contributed by atoms with Gasteiger partial charge in [-0.1, -0.05) is 79.7 Å². The molecule has 0 aliphatic carbocycles. The number of carbonyl (C=O) groups excluding carboxylic acids is 2. The molecule has 0 bridgehead atoms. The van der Waals surface area contributed by atoms with E-state index in [-0.39, 0.29) is 17.9 Å². The molecule has 0 saturated heterocycles. The number of nitrogens with zero attached hydrogens (tertiary/aromatic N) is 1. The predicted molar refractivity (Wildman–Crippen MR) is 126 cm³/mol. The van der Waals surface area contributed by atoms with Gasteiger partial charge >= 0.3 is 0 Å². The number of rotatable bonds is 6. The van der Waals surface area contributed by atoms with Crippen molar-refractivity contribution >= 4 is 22.7 Å². The molecule has 1 N–H and O–H groups in total. The Morgan fingerprint density at radius 1 is 0.939 bits per heavy atom. The average Bonchev–Trinajstić information content (AvgIpc) is 3.39. The third-order valence-electron chi connectivity index (χ3n) is 6.10. The topological polar surface area (TPSA) is 70.7 Å². The number of para-hydroxylation sites is 1. The molecule has 3 aromatic carbocycles. The van der Waals surface area contributed by atoms with Crippen LogP contribution in [-0.4, -0.2) is 21.7 Å². The normalized spacial score (nSPS) is 16.1. The fourth-order valence-electron chi connectivity index (χ4n) is 4.34. The van der Waals surface area contributed by atoms with Gasteiger partial charge in [-0.3, -0.25) is 9.59 Å². The lowest BCUT2D eigenvalue weighted by Crippen LogP contribution is -2.30. The molecule has 4 aromatic rings. The number of fused-ring (bicyclic) bond motifs is 1. The quantitative estimate of drug-likeness (QED) is 0.389. The molecule has 2 heterocycles. The molecular formula is C28H23NO4. The summed E-state index contributed by atoms with van der Waals surface area (Å²) in [6, 6.07) is 25.6. The fourth-order valence-corrected chi connectivity index (χ4v) is 4.34. The minimum absolute atomic E-state index is 0.0410. The number of aryl methyl sites for hydroxylation is 1. The van der Waals surface area contributed by atoms with E-state index in [2.05, 4.69) is 6.92 Å². The van der Waals surface area contributed by atoms with Gasteiger partial charge in [0.2, 0.25) is 5.78 Å². The van der Waals surface area contributed by atoms with Gasteiger partial charge in [0.05, 0.1) is 11.6 Å². The lowest BCUT2D eigenvalue weighted by molar-refractivity contribution is -0.130. The molecular weight excluding hydrogens is 414 g/mol. The van der Waals surface area contributed by atoms with Crippen LogP contribution in [0.4, 0.5) is 0 Å². The molecule has 5 heteroatoms. The lowest BCUT2D eigenvalue weighted by atomic mass is 9.94. The average molecular weight is 437 g/mol. The van der Waals surface area contributed by atoms with E-state index in [1.807, 2.05) is 72.8 Å². The largest absolute Gasteiger partial charge is 0.503 e. The van der Waals surface area contributed by atoms with Crippen LogP contribution in [0.1, 0.15) is 40.2 Å². The first-order valence-corrected chi connectivity index (χ1v) is 11.0. The smallest absolute Gasteiger partial charge is 0.290 e. The van der Waals surface area contributed by atoms with E-state index < -0.39 is 23.5 Å². The Bertz CT molecular complexity index is 1330. The molecule has 0 fully saturated rings. The second-order valence-corrected chi connectivity index (χ2v) is 8.16. The van der Waals surface area contributed by atoms with Crippen molar-refractivity contribution in [3.8, 4) is 0 Å². The molecule has 1 aliphatic rings. The number of hydrogen-bond acceptors (Lipinski definition) is 4. The number of aliphatic hydroxyl groups is 1. The maximum atomic E-state index is 13.6.